The average molecular weight is 584 g/mol. The highest BCUT2D eigenvalue weighted by Gasteiger charge is 2.36. The normalized spacial score (nSPS) is 13.6. The van der Waals surface area contributed by atoms with Gasteiger partial charge >= 0.3 is 6.92 Å². The Bertz CT molecular complexity index is 2460. The van der Waals surface area contributed by atoms with Gasteiger partial charge in [0.25, 0.3) is 0 Å². The molecule has 0 unspecified atom stereocenters. The van der Waals surface area contributed by atoms with E-state index in [9.17, 15) is 5.02 Å². The van der Waals surface area contributed by atoms with E-state index in [1.807, 2.05) is 18.2 Å². The molecule has 2 nitrogen and oxygen atoms in total. The van der Waals surface area contributed by atoms with Crippen molar-refractivity contribution < 1.29 is 5.02 Å². The molecule has 1 N–H and O–H groups in total. The Morgan fingerprint density at radius 2 is 1.34 bits per heavy atom. The molecule has 0 radical (unpaired) electrons. The first-order valence-corrected chi connectivity index (χ1v) is 16.1. The van der Waals surface area contributed by atoms with Crippen LogP contribution in [0.3, 0.4) is 0 Å². The lowest BCUT2D eigenvalue weighted by Crippen LogP contribution is -2.26. The lowest BCUT2D eigenvalue weighted by atomic mass is 9.64. The first-order valence-electron chi connectivity index (χ1n) is 15.3. The minimum Gasteiger partial charge on any atom is -0.446 e. The molecule has 0 fully saturated rings. The Balaban J connectivity index is 1.35. The van der Waals surface area contributed by atoms with E-state index < -0.39 is 6.92 Å². The van der Waals surface area contributed by atoms with Crippen LogP contribution in [-0.4, -0.2) is 16.5 Å². The summed E-state index contributed by atoms with van der Waals surface area (Å²) in [5.74, 6) is 0. The Morgan fingerprint density at radius 1 is 0.614 bits per heavy atom. The lowest BCUT2D eigenvalue weighted by Gasteiger charge is -2.22. The zero-order chi connectivity index (χ0) is 29.7. The van der Waals surface area contributed by atoms with Crippen LogP contribution < -0.4 is 5.46 Å². The van der Waals surface area contributed by atoms with Crippen molar-refractivity contribution in [3.63, 3.8) is 0 Å². The van der Waals surface area contributed by atoms with Crippen molar-refractivity contribution in [1.82, 2.24) is 4.57 Å². The Kier molecular flexibility index (Phi) is 5.39. The van der Waals surface area contributed by atoms with Gasteiger partial charge in [-0.05, 0) is 75.2 Å². The number of thiophene rings is 1. The number of aromatic nitrogens is 1. The average Bonchev–Trinajstić information content (AvgIpc) is 3.66. The second kappa shape index (κ2) is 9.18. The van der Waals surface area contributed by atoms with Crippen LogP contribution in [-0.2, 0) is 5.41 Å². The molecule has 0 bridgehead atoms. The summed E-state index contributed by atoms with van der Waals surface area (Å²) in [5, 5.41) is 16.0. The van der Waals surface area contributed by atoms with Crippen LogP contribution in [0.15, 0.2) is 121 Å². The van der Waals surface area contributed by atoms with Gasteiger partial charge in [0.15, 0.2) is 0 Å². The third-order valence-electron chi connectivity index (χ3n) is 9.77. The van der Waals surface area contributed by atoms with E-state index in [1.54, 1.807) is 0 Å². The first kappa shape index (κ1) is 25.8. The van der Waals surface area contributed by atoms with Crippen molar-refractivity contribution in [1.29, 1.82) is 0 Å². The van der Waals surface area contributed by atoms with Gasteiger partial charge in [-0.15, -0.1) is 11.3 Å². The number of para-hydroxylation sites is 1. The SMILES string of the molecule is CB(O)c1cc(-c2cccc3c2sc2ccccc23)cc(-n2c3ccccc3c3cc4c(cc32)C(C)(C)c2ccccc2-4)c1. The number of hydrogen-bond donors (Lipinski definition) is 1. The van der Waals surface area contributed by atoms with Gasteiger partial charge in [0, 0.05) is 42.0 Å². The van der Waals surface area contributed by atoms with Crippen LogP contribution >= 0.6 is 11.3 Å². The zero-order valence-electron chi connectivity index (χ0n) is 24.9. The monoisotopic (exact) mass is 583 g/mol. The second-order valence-electron chi connectivity index (χ2n) is 12.7. The summed E-state index contributed by atoms with van der Waals surface area (Å²) in [6.45, 7) is 5.95. The van der Waals surface area contributed by atoms with Gasteiger partial charge in [0.1, 0.15) is 0 Å². The number of fused-ring (bicyclic) bond motifs is 9. The van der Waals surface area contributed by atoms with Crippen molar-refractivity contribution >= 4 is 65.7 Å². The molecule has 0 aliphatic heterocycles. The zero-order valence-corrected chi connectivity index (χ0v) is 25.7. The van der Waals surface area contributed by atoms with E-state index in [2.05, 4.69) is 140 Å². The fourth-order valence-electron chi connectivity index (χ4n) is 7.58. The number of rotatable bonds is 3. The Labute approximate surface area is 260 Å². The van der Waals surface area contributed by atoms with Gasteiger partial charge in [0.05, 0.1) is 11.0 Å². The molecule has 6 aromatic carbocycles. The molecule has 9 rings (SSSR count). The smallest absolute Gasteiger partial charge is 0.320 e. The van der Waals surface area contributed by atoms with E-state index >= 15 is 0 Å². The summed E-state index contributed by atoms with van der Waals surface area (Å²) in [6.07, 6.45) is 0. The molecular weight excluding hydrogens is 553 g/mol. The molecule has 0 saturated heterocycles. The fraction of sp³-hybridized carbons (Fsp3) is 0.100. The molecule has 0 atom stereocenters. The van der Waals surface area contributed by atoms with Crippen LogP contribution in [0, 0.1) is 0 Å². The molecule has 1 aliphatic carbocycles. The van der Waals surface area contributed by atoms with Crippen molar-refractivity contribution in [2.24, 2.45) is 0 Å². The summed E-state index contributed by atoms with van der Waals surface area (Å²) in [7, 11) is 0. The summed E-state index contributed by atoms with van der Waals surface area (Å²) >= 11 is 1.84. The standard InChI is InChI=1S/C40H30BNOS/c1-40(2)34-16-7-4-11-28(34)32-22-33-29-12-5-8-17-36(29)42(37(33)23-35(32)40)26-20-24(19-25(21-26)41(3)43)27-14-10-15-31-30-13-6-9-18-38(30)44-39(27)31/h4-23,43H,1-3H3. The molecule has 2 heterocycles. The van der Waals surface area contributed by atoms with Gasteiger partial charge in [0.2, 0.25) is 0 Å². The second-order valence-corrected chi connectivity index (χ2v) is 13.8. The number of hydrogen-bond acceptors (Lipinski definition) is 2. The van der Waals surface area contributed by atoms with Gasteiger partial charge in [-0.25, -0.2) is 0 Å². The maximum atomic E-state index is 11.0. The van der Waals surface area contributed by atoms with Crippen LogP contribution in [0.5, 0.6) is 0 Å². The van der Waals surface area contributed by atoms with E-state index in [0.717, 1.165) is 16.7 Å². The van der Waals surface area contributed by atoms with E-state index in [1.165, 1.54) is 69.8 Å². The van der Waals surface area contributed by atoms with Crippen molar-refractivity contribution in [3.05, 3.63) is 132 Å². The summed E-state index contributed by atoms with van der Waals surface area (Å²) in [6, 6.07) is 44.3. The molecule has 44 heavy (non-hydrogen) atoms. The Hall–Kier alpha value is -4.64. The summed E-state index contributed by atoms with van der Waals surface area (Å²) in [4.78, 5) is 0. The maximum Gasteiger partial charge on any atom is 0.320 e. The number of nitrogens with zero attached hydrogens (tertiary/aromatic N) is 1. The van der Waals surface area contributed by atoms with Crippen molar-refractivity contribution in [2.45, 2.75) is 26.1 Å². The van der Waals surface area contributed by atoms with Crippen molar-refractivity contribution in [2.75, 3.05) is 0 Å². The van der Waals surface area contributed by atoms with Crippen LogP contribution in [0.2, 0.25) is 6.82 Å². The summed E-state index contributed by atoms with van der Waals surface area (Å²) < 4.78 is 4.98. The van der Waals surface area contributed by atoms with Gasteiger partial charge in [-0.3, -0.25) is 0 Å². The fourth-order valence-corrected chi connectivity index (χ4v) is 8.81. The molecule has 2 aromatic heterocycles. The Morgan fingerprint density at radius 3 is 2.20 bits per heavy atom. The van der Waals surface area contributed by atoms with E-state index in [4.69, 9.17) is 0 Å². The highest BCUT2D eigenvalue weighted by molar-refractivity contribution is 7.26. The van der Waals surface area contributed by atoms with Crippen LogP contribution in [0.25, 0.3) is 69.9 Å². The minimum absolute atomic E-state index is 0.0924. The van der Waals surface area contributed by atoms with Crippen LogP contribution in [0.1, 0.15) is 25.0 Å². The molecule has 0 saturated carbocycles. The van der Waals surface area contributed by atoms with Gasteiger partial charge < -0.3 is 9.59 Å². The molecule has 4 heteroatoms. The first-order chi connectivity index (χ1) is 21.4. The molecule has 210 valence electrons. The highest BCUT2D eigenvalue weighted by atomic mass is 32.1. The van der Waals surface area contributed by atoms with E-state index in [0.29, 0.717) is 0 Å². The number of benzene rings is 6. The minimum atomic E-state index is -0.596. The third kappa shape index (κ3) is 3.53. The van der Waals surface area contributed by atoms with Crippen LogP contribution in [0.4, 0.5) is 0 Å². The predicted octanol–water partition coefficient (Wildman–Crippen LogP) is 9.95. The maximum absolute atomic E-state index is 11.0. The molecule has 1 aliphatic rings. The van der Waals surface area contributed by atoms with Gasteiger partial charge in [-0.2, -0.15) is 0 Å². The third-order valence-corrected chi connectivity index (χ3v) is 11.0. The van der Waals surface area contributed by atoms with E-state index in [-0.39, 0.29) is 5.41 Å². The molecule has 0 spiro atoms. The topological polar surface area (TPSA) is 25.2 Å². The molecular formula is C40H30BNOS. The molecule has 8 aromatic rings. The summed E-state index contributed by atoms with van der Waals surface area (Å²) in [5.41, 5.74) is 12.0. The van der Waals surface area contributed by atoms with Gasteiger partial charge in [-0.1, -0.05) is 106 Å². The lowest BCUT2D eigenvalue weighted by molar-refractivity contribution is 0.594. The van der Waals surface area contributed by atoms with Crippen molar-refractivity contribution in [3.8, 4) is 27.9 Å². The molecule has 0 amide bonds. The highest BCUT2D eigenvalue weighted by Crippen LogP contribution is 2.51. The quantitative estimate of drug-likeness (QED) is 0.206. The predicted molar refractivity (Wildman–Crippen MR) is 190 cm³/mol. The largest absolute Gasteiger partial charge is 0.446 e.